The first-order valence-electron chi connectivity index (χ1n) is 22.7. The smallest absolute Gasteiger partial charge is 0.576 e. The average molecular weight is 888 g/mol. The largest absolute Gasteiger partial charge is 1.20 e. The van der Waals surface area contributed by atoms with E-state index in [0.29, 0.717) is 22.8 Å². The molecule has 318 valence electrons. The highest BCUT2D eigenvalue weighted by atomic mass is 27.3. The molecule has 10 aromatic carbocycles. The van der Waals surface area contributed by atoms with Crippen LogP contribution in [0.3, 0.4) is 0 Å². The van der Waals surface area contributed by atoms with Crippen LogP contribution < -0.4 is 11.4 Å². The van der Waals surface area contributed by atoms with Crippen LogP contribution in [0.25, 0.3) is 109 Å². The number of hydrogen-bond donors (Lipinski definition) is 0. The van der Waals surface area contributed by atoms with Gasteiger partial charge in [0.2, 0.25) is 0 Å². The molecule has 3 heterocycles. The van der Waals surface area contributed by atoms with Crippen LogP contribution in [-0.4, -0.2) is 30.1 Å². The van der Waals surface area contributed by atoms with Crippen LogP contribution in [0.1, 0.15) is 0 Å². The number of nitrogens with zero attached hydrogens (tertiary/aromatic N) is 3. The Balaban J connectivity index is 0.874. The lowest BCUT2D eigenvalue weighted by molar-refractivity contribution is 0.311. The number of benzene rings is 10. The molecule has 0 radical (unpaired) electrons. The molecule has 13 aromatic rings. The number of fused-ring (bicyclic) bond motifs is 7. The molecule has 0 N–H and O–H groups in total. The van der Waals surface area contributed by atoms with E-state index in [-0.39, 0.29) is 0 Å². The summed E-state index contributed by atoms with van der Waals surface area (Å²) in [5.41, 5.74) is 9.20. The number of rotatable bonds is 9. The second-order valence-electron chi connectivity index (χ2n) is 17.0. The molecule has 0 amide bonds. The fourth-order valence-corrected chi connectivity index (χ4v) is 11.2. The lowest BCUT2D eigenvalue weighted by atomic mass is 9.85. The maximum absolute atomic E-state index is 6.84. The zero-order chi connectivity index (χ0) is 45.0. The highest BCUT2D eigenvalue weighted by Crippen LogP contribution is 2.45. The minimum absolute atomic E-state index is 0.568. The molecule has 0 aliphatic carbocycles. The molecule has 7 heteroatoms. The molecule has 13 rings (SSSR count). The molecule has 6 nitrogen and oxygen atoms in total. The molecule has 0 bridgehead atoms. The van der Waals surface area contributed by atoms with E-state index in [4.69, 9.17) is 16.3 Å². The molecule has 68 heavy (non-hydrogen) atoms. The normalized spacial score (nSPS) is 11.5. The van der Waals surface area contributed by atoms with Crippen molar-refractivity contribution in [1.82, 2.24) is 15.0 Å². The van der Waals surface area contributed by atoms with Gasteiger partial charge in [-0.05, 0) is 131 Å². The van der Waals surface area contributed by atoms with E-state index in [1.54, 1.807) is 12.4 Å². The van der Waals surface area contributed by atoms with Gasteiger partial charge in [0.1, 0.15) is 33.8 Å². The van der Waals surface area contributed by atoms with Crippen molar-refractivity contribution in [3.8, 4) is 50.6 Å². The number of aromatic nitrogens is 3. The summed E-state index contributed by atoms with van der Waals surface area (Å²) in [6, 6.07) is 74.4. The molecule has 0 aliphatic rings. The minimum atomic E-state index is -3.07. The Hall–Kier alpha value is -8.60. The zero-order valence-corrected chi connectivity index (χ0v) is 37.7. The molecule has 0 atom stereocenters. The van der Waals surface area contributed by atoms with Crippen LogP contribution in [0.5, 0.6) is 17.2 Å². The third kappa shape index (κ3) is 7.01. The van der Waals surface area contributed by atoms with E-state index in [9.17, 15) is 0 Å². The van der Waals surface area contributed by atoms with E-state index in [0.717, 1.165) is 49.1 Å². The topological polar surface area (TPSA) is 66.4 Å². The van der Waals surface area contributed by atoms with Crippen LogP contribution in [0.15, 0.2) is 231 Å². The van der Waals surface area contributed by atoms with Crippen LogP contribution in [-0.2, 0) is 0 Å². The van der Waals surface area contributed by atoms with Crippen LogP contribution >= 0.6 is 0 Å². The van der Waals surface area contributed by atoms with Gasteiger partial charge < -0.3 is 11.4 Å². The van der Waals surface area contributed by atoms with Crippen molar-refractivity contribution in [2.45, 2.75) is 0 Å². The molecule has 0 fully saturated rings. The van der Waals surface area contributed by atoms with E-state index in [1.807, 2.05) is 79.0 Å². The lowest BCUT2D eigenvalue weighted by Crippen LogP contribution is -2.37. The predicted octanol–water partition coefficient (Wildman–Crippen LogP) is 15.5. The molecule has 0 saturated heterocycles. The average Bonchev–Trinajstić information content (AvgIpc) is 3.40. The maximum atomic E-state index is 6.84. The van der Waals surface area contributed by atoms with Crippen molar-refractivity contribution in [3.63, 3.8) is 0 Å². The Bertz CT molecular complexity index is 3970. The van der Waals surface area contributed by atoms with Crippen LogP contribution in [0, 0.1) is 0 Å². The molecule has 0 unspecified atom stereocenters. The quantitative estimate of drug-likeness (QED) is 0.106. The number of hydrogen-bond acceptors (Lipinski definition) is 6. The third-order valence-electron chi connectivity index (χ3n) is 13.0. The van der Waals surface area contributed by atoms with Gasteiger partial charge >= 0.3 is 15.1 Å². The molecule has 0 spiro atoms. The second-order valence-corrected chi connectivity index (χ2v) is 18.3. The third-order valence-corrected chi connectivity index (χ3v) is 14.3. The Morgan fingerprint density at radius 1 is 0.279 bits per heavy atom. The summed E-state index contributed by atoms with van der Waals surface area (Å²) < 4.78 is 20.2. The van der Waals surface area contributed by atoms with Crippen molar-refractivity contribution in [2.75, 3.05) is 0 Å². The van der Waals surface area contributed by atoms with Gasteiger partial charge in [0.15, 0.2) is 0 Å². The minimum Gasteiger partial charge on any atom is -0.576 e. The van der Waals surface area contributed by atoms with Gasteiger partial charge in [0, 0.05) is 34.7 Å². The standard InChI is InChI=1S/C43H27NO.2C9H7NO.Al/c45-40-15-7-14-39-34(22-23-44-43(39)40)31-19-17-30-26-33(21-18-29(30)24-31)42-37-12-5-3-10-35(37)41(36-11-4-6-13-38(36)42)32-20-16-27-8-1-2-9-28(27)25-32;2*11-8-5-1-3-7-4-2-6-10-9(7)8;/h1-26,45H;2*1-6,11H;/q;;;+3/p-3. The number of para-hydroxylation sites is 3. The van der Waals surface area contributed by atoms with Gasteiger partial charge in [-0.25, -0.2) is 0 Å². The van der Waals surface area contributed by atoms with Crippen molar-refractivity contribution >= 4 is 90.9 Å². The fraction of sp³-hybridized carbons (Fsp3) is 0. The first-order valence-corrected chi connectivity index (χ1v) is 24.1. The van der Waals surface area contributed by atoms with Crippen LogP contribution in [0.2, 0.25) is 0 Å². The SMILES string of the molecule is c1ccc2cc(-c3c4ccccc4c(-c4ccc5cc(-c6ccnc7c([O][Al]([O]c8cccc9cccnc89)[O]c8cccc9cccnc89)cccc67)ccc5c4)c4ccccc34)ccc2c1. The first kappa shape index (κ1) is 39.7. The van der Waals surface area contributed by atoms with Gasteiger partial charge in [-0.3, -0.25) is 15.0 Å². The van der Waals surface area contributed by atoms with Gasteiger partial charge in [0.05, 0.1) is 0 Å². The lowest BCUT2D eigenvalue weighted by Gasteiger charge is -2.19. The van der Waals surface area contributed by atoms with E-state index in [1.165, 1.54) is 54.6 Å². The molecular weight excluding hydrogens is 850 g/mol. The van der Waals surface area contributed by atoms with E-state index < -0.39 is 15.1 Å². The molecule has 0 saturated carbocycles. The summed E-state index contributed by atoms with van der Waals surface area (Å²) >= 11 is -3.07. The van der Waals surface area contributed by atoms with Gasteiger partial charge in [0.25, 0.3) is 0 Å². The molecule has 3 aromatic heterocycles. The second kappa shape index (κ2) is 16.7. The summed E-state index contributed by atoms with van der Waals surface area (Å²) in [5, 5.41) is 12.6. The summed E-state index contributed by atoms with van der Waals surface area (Å²) in [4.78, 5) is 14.2. The van der Waals surface area contributed by atoms with Gasteiger partial charge in [-0.15, -0.1) is 0 Å². The number of pyridine rings is 3. The summed E-state index contributed by atoms with van der Waals surface area (Å²) in [7, 11) is 0. The Kier molecular flexibility index (Phi) is 9.75. The van der Waals surface area contributed by atoms with Crippen molar-refractivity contribution in [2.24, 2.45) is 0 Å². The first-order chi connectivity index (χ1) is 33.7. The summed E-state index contributed by atoms with van der Waals surface area (Å²) in [6.45, 7) is 0. The van der Waals surface area contributed by atoms with Gasteiger partial charge in [-0.1, -0.05) is 158 Å². The summed E-state index contributed by atoms with van der Waals surface area (Å²) in [6.07, 6.45) is 5.37. The summed E-state index contributed by atoms with van der Waals surface area (Å²) in [5.74, 6) is 1.74. The Morgan fingerprint density at radius 3 is 1.25 bits per heavy atom. The van der Waals surface area contributed by atoms with Gasteiger partial charge in [-0.2, -0.15) is 0 Å². The van der Waals surface area contributed by atoms with Crippen LogP contribution in [0.4, 0.5) is 0 Å². The Morgan fingerprint density at radius 2 is 0.676 bits per heavy atom. The van der Waals surface area contributed by atoms with E-state index in [2.05, 4.69) is 149 Å². The fourth-order valence-electron chi connectivity index (χ4n) is 9.89. The maximum Gasteiger partial charge on any atom is 1.20 e. The highest BCUT2D eigenvalue weighted by molar-refractivity contribution is 6.40. The van der Waals surface area contributed by atoms with E-state index >= 15 is 0 Å². The zero-order valence-electron chi connectivity index (χ0n) is 36.6. The molecule has 0 aliphatic heterocycles. The van der Waals surface area contributed by atoms with Crippen molar-refractivity contribution < 1.29 is 11.4 Å². The van der Waals surface area contributed by atoms with Crippen molar-refractivity contribution in [1.29, 1.82) is 0 Å². The molecular formula is C61H38AlN3O3. The highest BCUT2D eigenvalue weighted by Gasteiger charge is 2.46. The van der Waals surface area contributed by atoms with Crippen molar-refractivity contribution in [3.05, 3.63) is 231 Å². The predicted molar refractivity (Wildman–Crippen MR) is 279 cm³/mol. The monoisotopic (exact) mass is 887 g/mol. The Labute approximate surface area is 396 Å².